The van der Waals surface area contributed by atoms with E-state index in [2.05, 4.69) is 26.9 Å². The summed E-state index contributed by atoms with van der Waals surface area (Å²) in [7, 11) is 0. The normalized spacial score (nSPS) is 11.2. The van der Waals surface area contributed by atoms with E-state index >= 15 is 0 Å². The number of nitrogens with zero attached hydrogens (tertiary/aromatic N) is 1. The molecule has 6 heteroatoms. The zero-order valence-electron chi connectivity index (χ0n) is 11.9. The number of rotatable bonds is 8. The van der Waals surface area contributed by atoms with Crippen molar-refractivity contribution in [3.63, 3.8) is 0 Å². The van der Waals surface area contributed by atoms with Gasteiger partial charge in [0.05, 0.1) is 0 Å². The molecule has 20 heavy (non-hydrogen) atoms. The summed E-state index contributed by atoms with van der Waals surface area (Å²) in [4.78, 5) is 34.6. The van der Waals surface area contributed by atoms with Crippen LogP contribution in [0.3, 0.4) is 0 Å². The van der Waals surface area contributed by atoms with Crippen molar-refractivity contribution in [1.82, 2.24) is 19.9 Å². The molecule has 0 unspecified atom stereocenters. The lowest BCUT2D eigenvalue weighted by Crippen LogP contribution is -2.21. The predicted molar refractivity (Wildman–Crippen MR) is 79.0 cm³/mol. The van der Waals surface area contributed by atoms with Crippen LogP contribution in [0.1, 0.15) is 57.7 Å². The van der Waals surface area contributed by atoms with Gasteiger partial charge in [0.2, 0.25) is 0 Å². The van der Waals surface area contributed by atoms with Crippen LogP contribution < -0.4 is 11.2 Å². The zero-order chi connectivity index (χ0) is 14.4. The number of nitrogens with one attached hydrogen (secondary N) is 3. The minimum absolute atomic E-state index is 0.344. The Hall–Kier alpha value is -1.85. The van der Waals surface area contributed by atoms with Crippen LogP contribution in [0.2, 0.25) is 0 Å². The highest BCUT2D eigenvalue weighted by atomic mass is 16.2. The van der Waals surface area contributed by atoms with Gasteiger partial charge in [0, 0.05) is 6.42 Å². The molecule has 6 nitrogen and oxygen atoms in total. The fourth-order valence-corrected chi connectivity index (χ4v) is 2.35. The molecule has 2 aromatic rings. The van der Waals surface area contributed by atoms with Crippen LogP contribution in [-0.2, 0) is 6.42 Å². The van der Waals surface area contributed by atoms with Crippen LogP contribution in [0.5, 0.6) is 0 Å². The molecule has 0 radical (unpaired) electrons. The number of imidazole rings is 1. The Morgan fingerprint density at radius 3 is 2.35 bits per heavy atom. The molecule has 0 spiro atoms. The van der Waals surface area contributed by atoms with Crippen molar-refractivity contribution in [1.29, 1.82) is 0 Å². The lowest BCUT2D eigenvalue weighted by Gasteiger charge is -1.99. The molecule has 2 rings (SSSR count). The summed E-state index contributed by atoms with van der Waals surface area (Å²) in [6, 6.07) is 0. The molecule has 0 aliphatic heterocycles. The third-order valence-corrected chi connectivity index (χ3v) is 3.46. The van der Waals surface area contributed by atoms with Crippen LogP contribution in [-0.4, -0.2) is 19.9 Å². The Kier molecular flexibility index (Phi) is 5.15. The minimum atomic E-state index is -0.517. The molecule has 0 atom stereocenters. The van der Waals surface area contributed by atoms with Crippen LogP contribution in [0.15, 0.2) is 9.59 Å². The predicted octanol–water partition coefficient (Wildman–Crippen LogP) is 2.23. The van der Waals surface area contributed by atoms with E-state index in [1.54, 1.807) is 0 Å². The van der Waals surface area contributed by atoms with Gasteiger partial charge in [-0.1, -0.05) is 45.4 Å². The number of hydrogen-bond acceptors (Lipinski definition) is 3. The van der Waals surface area contributed by atoms with Crippen molar-refractivity contribution in [3.05, 3.63) is 26.7 Å². The Morgan fingerprint density at radius 1 is 0.900 bits per heavy atom. The van der Waals surface area contributed by atoms with E-state index < -0.39 is 11.2 Å². The highest BCUT2D eigenvalue weighted by Crippen LogP contribution is 2.10. The minimum Gasteiger partial charge on any atom is -0.336 e. The second kappa shape index (κ2) is 7.07. The number of hydrogen-bond donors (Lipinski definition) is 3. The van der Waals surface area contributed by atoms with Gasteiger partial charge in [-0.25, -0.2) is 9.78 Å². The summed E-state index contributed by atoms with van der Waals surface area (Å²) in [6.45, 7) is 2.22. The number of aromatic amines is 3. The second-order valence-corrected chi connectivity index (χ2v) is 5.19. The topological polar surface area (TPSA) is 94.4 Å². The summed E-state index contributed by atoms with van der Waals surface area (Å²) >= 11 is 0. The quantitative estimate of drug-likeness (QED) is 0.646. The van der Waals surface area contributed by atoms with Gasteiger partial charge in [-0.05, 0) is 6.42 Å². The van der Waals surface area contributed by atoms with Gasteiger partial charge in [-0.15, -0.1) is 0 Å². The first kappa shape index (κ1) is 14.6. The van der Waals surface area contributed by atoms with Crippen molar-refractivity contribution < 1.29 is 0 Å². The van der Waals surface area contributed by atoms with E-state index in [9.17, 15) is 9.59 Å². The van der Waals surface area contributed by atoms with Crippen LogP contribution in [0.4, 0.5) is 0 Å². The van der Waals surface area contributed by atoms with E-state index in [0.717, 1.165) is 18.7 Å². The lowest BCUT2D eigenvalue weighted by atomic mass is 10.1. The van der Waals surface area contributed by atoms with Crippen LogP contribution in [0, 0.1) is 0 Å². The number of fused-ring (bicyclic) bond motifs is 1. The average molecular weight is 278 g/mol. The maximum absolute atomic E-state index is 11.5. The molecule has 2 aromatic heterocycles. The fraction of sp³-hybridized carbons (Fsp3) is 0.643. The van der Waals surface area contributed by atoms with Crippen LogP contribution >= 0.6 is 0 Å². The van der Waals surface area contributed by atoms with Crippen LogP contribution in [0.25, 0.3) is 11.2 Å². The Balaban J connectivity index is 1.83. The molecule has 0 aliphatic carbocycles. The first-order valence-electron chi connectivity index (χ1n) is 7.42. The van der Waals surface area contributed by atoms with E-state index in [4.69, 9.17) is 0 Å². The Bertz CT molecular complexity index is 653. The van der Waals surface area contributed by atoms with Gasteiger partial charge < -0.3 is 4.98 Å². The average Bonchev–Trinajstić information content (AvgIpc) is 2.81. The molecule has 0 aliphatic rings. The molecule has 0 fully saturated rings. The molecule has 3 N–H and O–H groups in total. The molecule has 2 heterocycles. The maximum atomic E-state index is 11.5. The zero-order valence-corrected chi connectivity index (χ0v) is 11.9. The maximum Gasteiger partial charge on any atom is 0.327 e. The first-order chi connectivity index (χ1) is 9.70. The molecular formula is C14H22N4O2. The van der Waals surface area contributed by atoms with E-state index in [0.29, 0.717) is 11.2 Å². The third kappa shape index (κ3) is 3.82. The summed E-state index contributed by atoms with van der Waals surface area (Å²) in [5, 5.41) is 0. The molecule has 0 amide bonds. The number of aromatic nitrogens is 4. The van der Waals surface area contributed by atoms with Crippen molar-refractivity contribution in [2.75, 3.05) is 0 Å². The first-order valence-corrected chi connectivity index (χ1v) is 7.42. The van der Waals surface area contributed by atoms with E-state index in [1.807, 2.05) is 0 Å². The van der Waals surface area contributed by atoms with Crippen molar-refractivity contribution in [2.45, 2.75) is 58.3 Å². The number of unbranched alkanes of at least 4 members (excludes halogenated alkanes) is 6. The Morgan fingerprint density at radius 2 is 1.60 bits per heavy atom. The second-order valence-electron chi connectivity index (χ2n) is 5.19. The Labute approximate surface area is 117 Å². The van der Waals surface area contributed by atoms with Gasteiger partial charge >= 0.3 is 5.69 Å². The van der Waals surface area contributed by atoms with E-state index in [1.165, 1.54) is 38.5 Å². The van der Waals surface area contributed by atoms with Gasteiger partial charge in [0.25, 0.3) is 5.56 Å². The summed E-state index contributed by atoms with van der Waals surface area (Å²) in [6.07, 6.45) is 9.48. The molecule has 0 saturated heterocycles. The molecule has 0 aromatic carbocycles. The standard InChI is InChI=1S/C14H22N4O2/c1-2-3-4-5-6-7-8-9-10-15-11-12(16-10)17-14(20)18-13(11)19/h2-9H2,1H3,(H3,15,16,17,18,19,20). The summed E-state index contributed by atoms with van der Waals surface area (Å²) in [5.74, 6) is 0.765. The van der Waals surface area contributed by atoms with Gasteiger partial charge in [-0.2, -0.15) is 0 Å². The SMILES string of the molecule is CCCCCCCCCc1nc2[nH]c(=O)[nH]c(=O)c2[nH]1. The van der Waals surface area contributed by atoms with Gasteiger partial charge in [0.1, 0.15) is 11.3 Å². The van der Waals surface area contributed by atoms with E-state index in [-0.39, 0.29) is 0 Å². The number of H-pyrrole nitrogens is 3. The molecule has 110 valence electrons. The summed E-state index contributed by atoms with van der Waals surface area (Å²) in [5.41, 5.74) is -0.238. The third-order valence-electron chi connectivity index (χ3n) is 3.46. The monoisotopic (exact) mass is 278 g/mol. The number of aryl methyl sites for hydroxylation is 1. The van der Waals surface area contributed by atoms with Crippen molar-refractivity contribution >= 4 is 11.2 Å². The molecule has 0 saturated carbocycles. The smallest absolute Gasteiger partial charge is 0.327 e. The molecule has 0 bridgehead atoms. The highest BCUT2D eigenvalue weighted by Gasteiger charge is 2.07. The fourth-order valence-electron chi connectivity index (χ4n) is 2.35. The summed E-state index contributed by atoms with van der Waals surface area (Å²) < 4.78 is 0. The lowest BCUT2D eigenvalue weighted by molar-refractivity contribution is 0.585. The van der Waals surface area contributed by atoms with Gasteiger partial charge in [0.15, 0.2) is 5.65 Å². The van der Waals surface area contributed by atoms with Gasteiger partial charge in [-0.3, -0.25) is 14.8 Å². The highest BCUT2D eigenvalue weighted by molar-refractivity contribution is 5.68. The van der Waals surface area contributed by atoms with Crippen molar-refractivity contribution in [3.8, 4) is 0 Å². The largest absolute Gasteiger partial charge is 0.336 e. The van der Waals surface area contributed by atoms with Crippen molar-refractivity contribution in [2.24, 2.45) is 0 Å². The molecular weight excluding hydrogens is 256 g/mol.